The third-order valence-corrected chi connectivity index (χ3v) is 3.96. The SMILES string of the molecule is CCCCCc1ccc(C2=NC(C)(C)CO2)c(Br)c1. The number of hydrogen-bond donors (Lipinski definition) is 0. The molecule has 0 fully saturated rings. The molecule has 0 unspecified atom stereocenters. The molecule has 0 radical (unpaired) electrons. The Kier molecular flexibility index (Phi) is 4.67. The number of halogens is 1. The molecule has 0 N–H and O–H groups in total. The van der Waals surface area contributed by atoms with Crippen molar-refractivity contribution in [2.75, 3.05) is 6.61 Å². The van der Waals surface area contributed by atoms with Crippen LogP contribution >= 0.6 is 15.9 Å². The van der Waals surface area contributed by atoms with E-state index >= 15 is 0 Å². The number of aryl methyl sites for hydroxylation is 1. The van der Waals surface area contributed by atoms with E-state index in [2.05, 4.69) is 59.9 Å². The minimum absolute atomic E-state index is 0.103. The molecule has 2 nitrogen and oxygen atoms in total. The van der Waals surface area contributed by atoms with E-state index in [1.807, 2.05) is 0 Å². The number of benzene rings is 1. The van der Waals surface area contributed by atoms with Crippen LogP contribution in [0.4, 0.5) is 0 Å². The lowest BCUT2D eigenvalue weighted by molar-refractivity contribution is 0.279. The van der Waals surface area contributed by atoms with Gasteiger partial charge >= 0.3 is 0 Å². The Bertz CT molecular complexity index is 480. The van der Waals surface area contributed by atoms with Crippen LogP contribution in [0.1, 0.15) is 51.2 Å². The predicted molar refractivity (Wildman–Crippen MR) is 83.9 cm³/mol. The van der Waals surface area contributed by atoms with Crippen LogP contribution < -0.4 is 0 Å². The summed E-state index contributed by atoms with van der Waals surface area (Å²) < 4.78 is 6.77. The van der Waals surface area contributed by atoms with Gasteiger partial charge in [0.2, 0.25) is 5.90 Å². The molecule has 2 rings (SSSR count). The minimum Gasteiger partial charge on any atom is -0.475 e. The van der Waals surface area contributed by atoms with Gasteiger partial charge in [0.1, 0.15) is 6.61 Å². The zero-order valence-corrected chi connectivity index (χ0v) is 13.6. The lowest BCUT2D eigenvalue weighted by Crippen LogP contribution is -2.17. The highest BCUT2D eigenvalue weighted by Crippen LogP contribution is 2.26. The topological polar surface area (TPSA) is 21.6 Å². The summed E-state index contributed by atoms with van der Waals surface area (Å²) in [6.45, 7) is 7.07. The van der Waals surface area contributed by atoms with Crippen molar-refractivity contribution in [2.45, 2.75) is 52.0 Å². The molecule has 1 aliphatic rings. The van der Waals surface area contributed by atoms with Crippen LogP contribution in [0, 0.1) is 0 Å². The van der Waals surface area contributed by atoms with Crippen LogP contribution in [-0.4, -0.2) is 18.0 Å². The van der Waals surface area contributed by atoms with Gasteiger partial charge in [0, 0.05) is 4.47 Å². The van der Waals surface area contributed by atoms with Gasteiger partial charge in [-0.2, -0.15) is 0 Å². The summed E-state index contributed by atoms with van der Waals surface area (Å²) in [6, 6.07) is 6.50. The Labute approximate surface area is 124 Å². The molecule has 104 valence electrons. The standard InChI is InChI=1S/C16H22BrNO/c1-4-5-6-7-12-8-9-13(14(17)10-12)15-18-16(2,3)11-19-15/h8-10H,4-7,11H2,1-3H3. The second-order valence-electron chi connectivity index (χ2n) is 5.79. The molecule has 0 atom stereocenters. The maximum Gasteiger partial charge on any atom is 0.217 e. The molecular formula is C16H22BrNO. The van der Waals surface area contributed by atoms with Gasteiger partial charge in [0.25, 0.3) is 0 Å². The third-order valence-electron chi connectivity index (χ3n) is 3.30. The van der Waals surface area contributed by atoms with Gasteiger partial charge in [-0.15, -0.1) is 0 Å². The van der Waals surface area contributed by atoms with Crippen LogP contribution in [-0.2, 0) is 11.2 Å². The summed E-state index contributed by atoms with van der Waals surface area (Å²) >= 11 is 3.64. The molecule has 19 heavy (non-hydrogen) atoms. The number of unbranched alkanes of at least 4 members (excludes halogenated alkanes) is 2. The van der Waals surface area contributed by atoms with E-state index in [0.717, 1.165) is 22.4 Å². The molecule has 1 heterocycles. The van der Waals surface area contributed by atoms with E-state index in [1.54, 1.807) is 0 Å². The molecule has 0 spiro atoms. The van der Waals surface area contributed by atoms with Crippen LogP contribution in [0.25, 0.3) is 0 Å². The van der Waals surface area contributed by atoms with Crippen molar-refractivity contribution in [3.63, 3.8) is 0 Å². The first kappa shape index (κ1) is 14.6. The number of rotatable bonds is 5. The minimum atomic E-state index is -0.103. The van der Waals surface area contributed by atoms with Crippen molar-refractivity contribution < 1.29 is 4.74 Å². The Balaban J connectivity index is 2.12. The van der Waals surface area contributed by atoms with Crippen molar-refractivity contribution in [3.8, 4) is 0 Å². The molecule has 0 saturated carbocycles. The van der Waals surface area contributed by atoms with Crippen molar-refractivity contribution in [3.05, 3.63) is 33.8 Å². The largest absolute Gasteiger partial charge is 0.475 e. The third kappa shape index (κ3) is 3.82. The maximum absolute atomic E-state index is 5.69. The first-order valence-electron chi connectivity index (χ1n) is 7.03. The Hall–Kier alpha value is -0.830. The van der Waals surface area contributed by atoms with Crippen molar-refractivity contribution in [1.29, 1.82) is 0 Å². The molecule has 1 aromatic carbocycles. The van der Waals surface area contributed by atoms with E-state index in [0.29, 0.717) is 6.61 Å². The van der Waals surface area contributed by atoms with Gasteiger partial charge in [0.15, 0.2) is 0 Å². The summed E-state index contributed by atoms with van der Waals surface area (Å²) in [6.07, 6.45) is 4.96. The zero-order valence-electron chi connectivity index (χ0n) is 12.0. The van der Waals surface area contributed by atoms with Gasteiger partial charge in [-0.1, -0.05) is 25.8 Å². The second-order valence-corrected chi connectivity index (χ2v) is 6.64. The maximum atomic E-state index is 5.69. The van der Waals surface area contributed by atoms with Gasteiger partial charge in [-0.05, 0) is 60.3 Å². The molecule has 0 aromatic heterocycles. The van der Waals surface area contributed by atoms with E-state index in [-0.39, 0.29) is 5.54 Å². The van der Waals surface area contributed by atoms with Crippen molar-refractivity contribution in [1.82, 2.24) is 0 Å². The number of hydrogen-bond acceptors (Lipinski definition) is 2. The smallest absolute Gasteiger partial charge is 0.217 e. The Morgan fingerprint density at radius 1 is 1.32 bits per heavy atom. The fourth-order valence-corrected chi connectivity index (χ4v) is 2.78. The number of aliphatic imine (C=N–C) groups is 1. The lowest BCUT2D eigenvalue weighted by atomic mass is 10.1. The van der Waals surface area contributed by atoms with E-state index in [4.69, 9.17) is 4.74 Å². The van der Waals surface area contributed by atoms with Crippen molar-refractivity contribution in [2.24, 2.45) is 4.99 Å². The molecule has 0 aliphatic carbocycles. The molecular weight excluding hydrogens is 302 g/mol. The summed E-state index contributed by atoms with van der Waals surface area (Å²) in [5.41, 5.74) is 2.33. The Morgan fingerprint density at radius 3 is 2.68 bits per heavy atom. The number of nitrogens with zero attached hydrogens (tertiary/aromatic N) is 1. The average Bonchev–Trinajstić information content (AvgIpc) is 2.70. The number of ether oxygens (including phenoxy) is 1. The van der Waals surface area contributed by atoms with Crippen LogP contribution in [0.5, 0.6) is 0 Å². The molecule has 0 bridgehead atoms. The van der Waals surface area contributed by atoms with Crippen LogP contribution in [0.15, 0.2) is 27.7 Å². The quantitative estimate of drug-likeness (QED) is 0.717. The normalized spacial score (nSPS) is 17.2. The fraction of sp³-hybridized carbons (Fsp3) is 0.562. The Morgan fingerprint density at radius 2 is 2.11 bits per heavy atom. The van der Waals surface area contributed by atoms with Gasteiger partial charge in [-0.25, -0.2) is 4.99 Å². The first-order chi connectivity index (χ1) is 9.02. The molecule has 1 aliphatic heterocycles. The fourth-order valence-electron chi connectivity index (χ4n) is 2.19. The average molecular weight is 324 g/mol. The summed E-state index contributed by atoms with van der Waals surface area (Å²) in [5.74, 6) is 0.761. The summed E-state index contributed by atoms with van der Waals surface area (Å²) in [5, 5.41) is 0. The zero-order chi connectivity index (χ0) is 13.9. The molecule has 1 aromatic rings. The first-order valence-corrected chi connectivity index (χ1v) is 7.82. The highest BCUT2D eigenvalue weighted by molar-refractivity contribution is 9.10. The van der Waals surface area contributed by atoms with Crippen LogP contribution in [0.3, 0.4) is 0 Å². The lowest BCUT2D eigenvalue weighted by Gasteiger charge is -2.07. The van der Waals surface area contributed by atoms with Crippen molar-refractivity contribution >= 4 is 21.8 Å². The van der Waals surface area contributed by atoms with Crippen LogP contribution in [0.2, 0.25) is 0 Å². The summed E-state index contributed by atoms with van der Waals surface area (Å²) in [4.78, 5) is 4.62. The highest BCUT2D eigenvalue weighted by Gasteiger charge is 2.27. The highest BCUT2D eigenvalue weighted by atomic mass is 79.9. The predicted octanol–water partition coefficient (Wildman–Crippen LogP) is 4.74. The van der Waals surface area contributed by atoms with Gasteiger partial charge < -0.3 is 4.74 Å². The molecule has 0 saturated heterocycles. The second kappa shape index (κ2) is 6.08. The summed E-state index contributed by atoms with van der Waals surface area (Å²) in [7, 11) is 0. The van der Waals surface area contributed by atoms with E-state index in [1.165, 1.54) is 24.8 Å². The van der Waals surface area contributed by atoms with Gasteiger partial charge in [-0.3, -0.25) is 0 Å². The van der Waals surface area contributed by atoms with E-state index in [9.17, 15) is 0 Å². The molecule has 3 heteroatoms. The molecule has 0 amide bonds. The van der Waals surface area contributed by atoms with E-state index < -0.39 is 0 Å². The monoisotopic (exact) mass is 323 g/mol. The van der Waals surface area contributed by atoms with Gasteiger partial charge in [0.05, 0.1) is 11.1 Å².